The molecule has 2 heterocycles. The summed E-state index contributed by atoms with van der Waals surface area (Å²) in [6.45, 7) is 1.60. The first-order valence-electron chi connectivity index (χ1n) is 7.52. The number of rotatable bonds is 5. The summed E-state index contributed by atoms with van der Waals surface area (Å²) in [6.07, 6.45) is 1.50. The van der Waals surface area contributed by atoms with Crippen LogP contribution in [0.3, 0.4) is 0 Å². The number of pyridine rings is 1. The van der Waals surface area contributed by atoms with Gasteiger partial charge < -0.3 is 0 Å². The highest BCUT2D eigenvalue weighted by Gasteiger charge is 2.23. The molecule has 0 aliphatic carbocycles. The van der Waals surface area contributed by atoms with Crippen LogP contribution in [-0.2, 0) is 15.6 Å². The van der Waals surface area contributed by atoms with E-state index in [1.165, 1.54) is 6.20 Å². The number of hydrogen-bond acceptors (Lipinski definition) is 6. The Morgan fingerprint density at radius 2 is 2.04 bits per heavy atom. The number of carbonyl (C=O) groups excluding carboxylic acids is 1. The van der Waals surface area contributed by atoms with E-state index in [4.69, 9.17) is 11.6 Å². The average molecular weight is 408 g/mol. The van der Waals surface area contributed by atoms with E-state index in [0.29, 0.717) is 16.3 Å². The number of hydrogen-bond donors (Lipinski definition) is 1. The van der Waals surface area contributed by atoms with E-state index in [2.05, 4.69) is 15.3 Å². The van der Waals surface area contributed by atoms with Gasteiger partial charge in [0.25, 0.3) is 5.91 Å². The van der Waals surface area contributed by atoms with E-state index >= 15 is 0 Å². The number of sulfone groups is 1. The molecule has 3 rings (SSSR count). The van der Waals surface area contributed by atoms with Crippen LogP contribution in [0.1, 0.15) is 21.7 Å². The molecule has 1 aromatic carbocycles. The zero-order chi connectivity index (χ0) is 18.7. The summed E-state index contributed by atoms with van der Waals surface area (Å²) in [5.41, 5.74) is 1.15. The van der Waals surface area contributed by atoms with Crippen LogP contribution < -0.4 is 5.32 Å². The number of nitrogens with one attached hydrogen (secondary N) is 1. The number of aryl methyl sites for hydroxylation is 1. The Balaban J connectivity index is 1.82. The topological polar surface area (TPSA) is 89.0 Å². The molecule has 0 atom stereocenters. The number of aromatic nitrogens is 2. The predicted octanol–water partition coefficient (Wildman–Crippen LogP) is 3.73. The zero-order valence-corrected chi connectivity index (χ0v) is 16.0. The summed E-state index contributed by atoms with van der Waals surface area (Å²) < 4.78 is 25.5. The quantitative estimate of drug-likeness (QED) is 0.696. The molecule has 0 bridgehead atoms. The largest absolute Gasteiger partial charge is 0.296 e. The summed E-state index contributed by atoms with van der Waals surface area (Å²) in [5, 5.41) is 3.27. The van der Waals surface area contributed by atoms with Gasteiger partial charge in [-0.05, 0) is 36.8 Å². The molecule has 0 saturated carbocycles. The predicted molar refractivity (Wildman–Crippen MR) is 101 cm³/mol. The van der Waals surface area contributed by atoms with Crippen molar-refractivity contribution in [1.82, 2.24) is 9.97 Å². The van der Waals surface area contributed by atoms with Gasteiger partial charge in [0.1, 0.15) is 9.90 Å². The molecule has 0 fully saturated rings. The molecule has 1 amide bonds. The first-order valence-corrected chi connectivity index (χ1v) is 10.4. The molecule has 0 aliphatic heterocycles. The Morgan fingerprint density at radius 1 is 1.23 bits per heavy atom. The zero-order valence-electron chi connectivity index (χ0n) is 13.6. The maximum absolute atomic E-state index is 12.7. The minimum absolute atomic E-state index is 0.119. The lowest BCUT2D eigenvalue weighted by atomic mass is 10.2. The highest BCUT2D eigenvalue weighted by molar-refractivity contribution is 7.92. The SMILES string of the molecule is Cc1nc(NC(=O)c2ccccn2)sc1S(=O)(=O)Cc1cccc(Cl)c1. The van der Waals surface area contributed by atoms with Gasteiger partial charge in [-0.2, -0.15) is 0 Å². The fraction of sp³-hybridized carbons (Fsp3) is 0.118. The Labute approximate surface area is 159 Å². The minimum Gasteiger partial charge on any atom is -0.296 e. The van der Waals surface area contributed by atoms with E-state index in [0.717, 1.165) is 11.3 Å². The molecule has 0 unspecified atom stereocenters. The van der Waals surface area contributed by atoms with Crippen LogP contribution >= 0.6 is 22.9 Å². The number of carbonyl (C=O) groups is 1. The molecule has 0 radical (unpaired) electrons. The molecule has 0 spiro atoms. The second-order valence-electron chi connectivity index (χ2n) is 5.45. The molecule has 3 aromatic rings. The summed E-state index contributed by atoms with van der Waals surface area (Å²) in [4.78, 5) is 20.2. The number of amides is 1. The molecule has 0 aliphatic rings. The van der Waals surface area contributed by atoms with Gasteiger partial charge in [0, 0.05) is 11.2 Å². The average Bonchev–Trinajstić information content (AvgIpc) is 2.96. The number of thiazole rings is 1. The van der Waals surface area contributed by atoms with E-state index in [1.807, 2.05) is 0 Å². The normalized spacial score (nSPS) is 11.3. The van der Waals surface area contributed by atoms with Crippen molar-refractivity contribution in [1.29, 1.82) is 0 Å². The van der Waals surface area contributed by atoms with Crippen molar-refractivity contribution >= 4 is 43.8 Å². The molecule has 9 heteroatoms. The molecule has 6 nitrogen and oxygen atoms in total. The fourth-order valence-electron chi connectivity index (χ4n) is 2.29. The molecule has 1 N–H and O–H groups in total. The fourth-order valence-corrected chi connectivity index (χ4v) is 5.37. The van der Waals surface area contributed by atoms with Crippen molar-refractivity contribution in [2.24, 2.45) is 0 Å². The first kappa shape index (κ1) is 18.5. The second kappa shape index (κ2) is 7.53. The number of benzene rings is 1. The number of nitrogens with zero attached hydrogens (tertiary/aromatic N) is 2. The minimum atomic E-state index is -3.61. The number of anilines is 1. The third-order valence-corrected chi connectivity index (χ3v) is 7.09. The number of halogens is 1. The van der Waals surface area contributed by atoms with Gasteiger partial charge >= 0.3 is 0 Å². The van der Waals surface area contributed by atoms with Crippen LogP contribution in [-0.4, -0.2) is 24.3 Å². The van der Waals surface area contributed by atoms with Crippen LogP contribution in [0.2, 0.25) is 5.02 Å². The highest BCUT2D eigenvalue weighted by Crippen LogP contribution is 2.30. The molecule has 26 heavy (non-hydrogen) atoms. The van der Waals surface area contributed by atoms with Gasteiger partial charge in [0.05, 0.1) is 11.4 Å². The second-order valence-corrected chi connectivity index (χ2v) is 9.07. The monoisotopic (exact) mass is 407 g/mol. The van der Waals surface area contributed by atoms with E-state index in [-0.39, 0.29) is 20.8 Å². The van der Waals surface area contributed by atoms with Crippen LogP contribution in [0.4, 0.5) is 5.13 Å². The van der Waals surface area contributed by atoms with E-state index < -0.39 is 15.7 Å². The molecule has 0 saturated heterocycles. The Bertz CT molecular complexity index is 1050. The van der Waals surface area contributed by atoms with Gasteiger partial charge in [-0.1, -0.05) is 41.1 Å². The maximum Gasteiger partial charge on any atom is 0.276 e. The first-order chi connectivity index (χ1) is 12.3. The maximum atomic E-state index is 12.7. The molecule has 2 aromatic heterocycles. The summed E-state index contributed by atoms with van der Waals surface area (Å²) in [6, 6.07) is 11.6. The van der Waals surface area contributed by atoms with Gasteiger partial charge in [-0.3, -0.25) is 15.1 Å². The van der Waals surface area contributed by atoms with Crippen LogP contribution in [0.15, 0.2) is 52.9 Å². The summed E-state index contributed by atoms with van der Waals surface area (Å²) in [7, 11) is -3.61. The van der Waals surface area contributed by atoms with Gasteiger partial charge in [0.2, 0.25) is 0 Å². The summed E-state index contributed by atoms with van der Waals surface area (Å²) >= 11 is 6.83. The van der Waals surface area contributed by atoms with Gasteiger partial charge in [-0.15, -0.1) is 0 Å². The Kier molecular flexibility index (Phi) is 5.36. The van der Waals surface area contributed by atoms with Crippen molar-refractivity contribution in [3.05, 3.63) is 70.6 Å². The Morgan fingerprint density at radius 3 is 2.73 bits per heavy atom. The molecular formula is C17H14ClN3O3S2. The van der Waals surface area contributed by atoms with Crippen molar-refractivity contribution in [2.75, 3.05) is 5.32 Å². The smallest absolute Gasteiger partial charge is 0.276 e. The third kappa shape index (κ3) is 4.27. The lowest BCUT2D eigenvalue weighted by Gasteiger charge is -2.03. The van der Waals surface area contributed by atoms with Gasteiger partial charge in [0.15, 0.2) is 15.0 Å². The lowest BCUT2D eigenvalue weighted by molar-refractivity contribution is 0.102. The van der Waals surface area contributed by atoms with Gasteiger partial charge in [-0.25, -0.2) is 13.4 Å². The van der Waals surface area contributed by atoms with Crippen LogP contribution in [0.5, 0.6) is 0 Å². The third-order valence-electron chi connectivity index (χ3n) is 3.40. The van der Waals surface area contributed by atoms with Crippen molar-refractivity contribution < 1.29 is 13.2 Å². The molecule has 134 valence electrons. The van der Waals surface area contributed by atoms with Crippen LogP contribution in [0.25, 0.3) is 0 Å². The lowest BCUT2D eigenvalue weighted by Crippen LogP contribution is -2.13. The van der Waals surface area contributed by atoms with Crippen LogP contribution in [0, 0.1) is 6.92 Å². The molecular weight excluding hydrogens is 394 g/mol. The standard InChI is InChI=1S/C17H14ClN3O3S2/c1-11-16(26(23,24)10-12-5-4-6-13(18)9-12)25-17(20-11)21-15(22)14-7-2-3-8-19-14/h2-9H,10H2,1H3,(H,20,21,22). The summed E-state index contributed by atoms with van der Waals surface area (Å²) in [5.74, 6) is -0.636. The van der Waals surface area contributed by atoms with Crippen molar-refractivity contribution in [2.45, 2.75) is 16.9 Å². The highest BCUT2D eigenvalue weighted by atomic mass is 35.5. The Hall–Kier alpha value is -2.29. The van der Waals surface area contributed by atoms with Crippen molar-refractivity contribution in [3.63, 3.8) is 0 Å². The van der Waals surface area contributed by atoms with E-state index in [9.17, 15) is 13.2 Å². The van der Waals surface area contributed by atoms with Crippen molar-refractivity contribution in [3.8, 4) is 0 Å². The van der Waals surface area contributed by atoms with E-state index in [1.54, 1.807) is 49.4 Å².